The zero-order valence-electron chi connectivity index (χ0n) is 11.1. The topological polar surface area (TPSA) is 72.9 Å². The number of nitrogens with one attached hydrogen (secondary N) is 1. The zero-order chi connectivity index (χ0) is 13.4. The van der Waals surface area contributed by atoms with E-state index in [4.69, 9.17) is 5.11 Å². The van der Waals surface area contributed by atoms with Gasteiger partial charge >= 0.3 is 12.0 Å². The van der Waals surface area contributed by atoms with Crippen LogP contribution >= 0.6 is 0 Å². The Morgan fingerprint density at radius 1 is 1.29 bits per heavy atom. The van der Waals surface area contributed by atoms with Gasteiger partial charge in [0.05, 0.1) is 0 Å². The number of nitrogens with zero attached hydrogens (tertiary/aromatic N) is 2. The number of carboxylic acid groups (broad SMARTS) is 1. The average Bonchev–Trinajstić information content (AvgIpc) is 2.32. The number of aliphatic carboxylic acids is 1. The third-order valence-electron chi connectivity index (χ3n) is 2.86. The molecule has 0 saturated carbocycles. The fraction of sp³-hybridized carbons (Fsp3) is 0.818. The number of carboxylic acids is 1. The van der Waals surface area contributed by atoms with Crippen LogP contribution in [0.3, 0.4) is 0 Å². The van der Waals surface area contributed by atoms with E-state index in [1.54, 1.807) is 0 Å². The minimum atomic E-state index is -1.01. The summed E-state index contributed by atoms with van der Waals surface area (Å²) in [6.07, 6.45) is 0. The molecule has 1 atom stereocenters. The van der Waals surface area contributed by atoms with Gasteiger partial charge in [0.15, 0.2) is 0 Å². The maximum absolute atomic E-state index is 11.6. The Labute approximate surface area is 103 Å². The van der Waals surface area contributed by atoms with E-state index in [1.165, 1.54) is 18.9 Å². The SMILES string of the molecule is CCN(CC)CCNC(=O)N(C)C(C)C(=O)O. The van der Waals surface area contributed by atoms with Crippen LogP contribution in [-0.4, -0.2) is 66.2 Å². The molecule has 17 heavy (non-hydrogen) atoms. The van der Waals surface area contributed by atoms with Gasteiger partial charge in [-0.25, -0.2) is 9.59 Å². The Hall–Kier alpha value is -1.30. The van der Waals surface area contributed by atoms with E-state index in [0.717, 1.165) is 19.6 Å². The smallest absolute Gasteiger partial charge is 0.326 e. The molecular weight excluding hydrogens is 222 g/mol. The summed E-state index contributed by atoms with van der Waals surface area (Å²) in [6.45, 7) is 8.77. The van der Waals surface area contributed by atoms with Gasteiger partial charge in [-0.3, -0.25) is 0 Å². The molecule has 0 rings (SSSR count). The van der Waals surface area contributed by atoms with Gasteiger partial charge in [-0.2, -0.15) is 0 Å². The lowest BCUT2D eigenvalue weighted by Gasteiger charge is -2.23. The molecule has 0 aliphatic rings. The normalized spacial score (nSPS) is 12.3. The molecule has 0 aliphatic heterocycles. The Morgan fingerprint density at radius 2 is 1.82 bits per heavy atom. The van der Waals surface area contributed by atoms with Crippen molar-refractivity contribution in [3.8, 4) is 0 Å². The molecule has 0 radical (unpaired) electrons. The zero-order valence-corrected chi connectivity index (χ0v) is 11.1. The standard InChI is InChI=1S/C11H23N3O3/c1-5-14(6-2)8-7-12-11(17)13(4)9(3)10(15)16/h9H,5-8H2,1-4H3,(H,12,17)(H,15,16). The Bertz CT molecular complexity index is 254. The highest BCUT2D eigenvalue weighted by molar-refractivity contribution is 5.82. The number of urea groups is 1. The highest BCUT2D eigenvalue weighted by Crippen LogP contribution is 1.95. The lowest BCUT2D eigenvalue weighted by Crippen LogP contribution is -2.47. The summed E-state index contributed by atoms with van der Waals surface area (Å²) in [6, 6.07) is -1.17. The van der Waals surface area contributed by atoms with E-state index < -0.39 is 12.0 Å². The van der Waals surface area contributed by atoms with Crippen LogP contribution in [0.2, 0.25) is 0 Å². The summed E-state index contributed by atoms with van der Waals surface area (Å²) in [5.41, 5.74) is 0. The van der Waals surface area contributed by atoms with Gasteiger partial charge in [-0.1, -0.05) is 13.8 Å². The van der Waals surface area contributed by atoms with Crippen LogP contribution in [0.4, 0.5) is 4.79 Å². The van der Waals surface area contributed by atoms with Crippen molar-refractivity contribution in [1.82, 2.24) is 15.1 Å². The van der Waals surface area contributed by atoms with Crippen molar-refractivity contribution in [1.29, 1.82) is 0 Å². The highest BCUT2D eigenvalue weighted by atomic mass is 16.4. The van der Waals surface area contributed by atoms with E-state index in [1.807, 2.05) is 0 Å². The average molecular weight is 245 g/mol. The van der Waals surface area contributed by atoms with Crippen LogP contribution < -0.4 is 5.32 Å². The molecule has 0 aromatic rings. The monoisotopic (exact) mass is 245 g/mol. The van der Waals surface area contributed by atoms with Crippen molar-refractivity contribution < 1.29 is 14.7 Å². The van der Waals surface area contributed by atoms with Crippen LogP contribution in [0.15, 0.2) is 0 Å². The lowest BCUT2D eigenvalue weighted by molar-refractivity contribution is -0.141. The van der Waals surface area contributed by atoms with Gasteiger partial charge in [0.2, 0.25) is 0 Å². The number of rotatable bonds is 7. The molecule has 1 unspecified atom stereocenters. The van der Waals surface area contributed by atoms with E-state index in [-0.39, 0.29) is 6.03 Å². The quantitative estimate of drug-likeness (QED) is 0.683. The predicted octanol–water partition coefficient (Wildman–Crippen LogP) is 0.443. The molecule has 2 N–H and O–H groups in total. The van der Waals surface area contributed by atoms with E-state index in [9.17, 15) is 9.59 Å². The molecule has 0 bridgehead atoms. The lowest BCUT2D eigenvalue weighted by atomic mass is 10.3. The molecule has 0 aromatic carbocycles. The first kappa shape index (κ1) is 15.7. The summed E-state index contributed by atoms with van der Waals surface area (Å²) in [5, 5.41) is 11.5. The summed E-state index contributed by atoms with van der Waals surface area (Å²) in [5.74, 6) is -1.01. The Kier molecular flexibility index (Phi) is 7.29. The largest absolute Gasteiger partial charge is 0.480 e. The van der Waals surface area contributed by atoms with E-state index in [0.29, 0.717) is 6.54 Å². The summed E-state index contributed by atoms with van der Waals surface area (Å²) < 4.78 is 0. The summed E-state index contributed by atoms with van der Waals surface area (Å²) in [4.78, 5) is 25.6. The minimum absolute atomic E-state index is 0.355. The molecule has 6 heteroatoms. The highest BCUT2D eigenvalue weighted by Gasteiger charge is 2.21. The first-order chi connectivity index (χ1) is 7.93. The number of carbonyl (C=O) groups is 2. The number of hydrogen-bond donors (Lipinski definition) is 2. The van der Waals surface area contributed by atoms with Crippen LogP contribution in [-0.2, 0) is 4.79 Å². The van der Waals surface area contributed by atoms with Crippen molar-refractivity contribution in [3.05, 3.63) is 0 Å². The van der Waals surface area contributed by atoms with Crippen LogP contribution in [0.5, 0.6) is 0 Å². The minimum Gasteiger partial charge on any atom is -0.480 e. The molecule has 0 spiro atoms. The second-order valence-corrected chi connectivity index (χ2v) is 3.88. The molecule has 0 heterocycles. The molecule has 0 saturated heterocycles. The molecule has 0 aromatic heterocycles. The second kappa shape index (κ2) is 7.89. The second-order valence-electron chi connectivity index (χ2n) is 3.88. The van der Waals surface area contributed by atoms with Gasteiger partial charge in [-0.15, -0.1) is 0 Å². The van der Waals surface area contributed by atoms with Crippen LogP contribution in [0.1, 0.15) is 20.8 Å². The molecule has 6 nitrogen and oxygen atoms in total. The van der Waals surface area contributed by atoms with Crippen molar-refractivity contribution in [3.63, 3.8) is 0 Å². The summed E-state index contributed by atoms with van der Waals surface area (Å²) >= 11 is 0. The maximum Gasteiger partial charge on any atom is 0.326 e. The molecule has 0 fully saturated rings. The maximum atomic E-state index is 11.6. The fourth-order valence-corrected chi connectivity index (χ4v) is 1.33. The number of amides is 2. The summed E-state index contributed by atoms with van der Waals surface area (Å²) in [7, 11) is 1.48. The van der Waals surface area contributed by atoms with Gasteiger partial charge < -0.3 is 20.2 Å². The third kappa shape index (κ3) is 5.53. The first-order valence-electron chi connectivity index (χ1n) is 5.89. The number of hydrogen-bond acceptors (Lipinski definition) is 3. The van der Waals surface area contributed by atoms with Crippen molar-refractivity contribution in [2.75, 3.05) is 33.2 Å². The number of likely N-dealkylation sites (N-methyl/N-ethyl adjacent to an activating group) is 2. The van der Waals surface area contributed by atoms with Crippen molar-refractivity contribution in [2.45, 2.75) is 26.8 Å². The molecule has 2 amide bonds. The molecular formula is C11H23N3O3. The third-order valence-corrected chi connectivity index (χ3v) is 2.86. The van der Waals surface area contributed by atoms with Crippen molar-refractivity contribution in [2.24, 2.45) is 0 Å². The Balaban J connectivity index is 3.97. The fourth-order valence-electron chi connectivity index (χ4n) is 1.33. The van der Waals surface area contributed by atoms with E-state index >= 15 is 0 Å². The van der Waals surface area contributed by atoms with Gasteiger partial charge in [0.1, 0.15) is 6.04 Å². The van der Waals surface area contributed by atoms with Gasteiger partial charge in [-0.05, 0) is 20.0 Å². The van der Waals surface area contributed by atoms with Crippen LogP contribution in [0.25, 0.3) is 0 Å². The van der Waals surface area contributed by atoms with Gasteiger partial charge in [0.25, 0.3) is 0 Å². The molecule has 0 aliphatic carbocycles. The van der Waals surface area contributed by atoms with Gasteiger partial charge in [0, 0.05) is 20.1 Å². The van der Waals surface area contributed by atoms with Crippen LogP contribution in [0, 0.1) is 0 Å². The van der Waals surface area contributed by atoms with E-state index in [2.05, 4.69) is 24.1 Å². The number of carbonyl (C=O) groups excluding carboxylic acids is 1. The molecule has 100 valence electrons. The predicted molar refractivity (Wildman–Crippen MR) is 66.0 cm³/mol. The Morgan fingerprint density at radius 3 is 2.24 bits per heavy atom. The first-order valence-corrected chi connectivity index (χ1v) is 5.89. The van der Waals surface area contributed by atoms with Crippen molar-refractivity contribution >= 4 is 12.0 Å².